The second-order valence-corrected chi connectivity index (χ2v) is 10.4. The van der Waals surface area contributed by atoms with Gasteiger partial charge in [0.05, 0.1) is 6.54 Å². The summed E-state index contributed by atoms with van der Waals surface area (Å²) in [6, 6.07) is 12.6. The van der Waals surface area contributed by atoms with Gasteiger partial charge in [-0.05, 0) is 44.2 Å². The molecule has 1 amide bonds. The Hall–Kier alpha value is -2.64. The molecule has 3 aromatic rings. The summed E-state index contributed by atoms with van der Waals surface area (Å²) in [5, 5.41) is 9.20. The van der Waals surface area contributed by atoms with E-state index in [0.717, 1.165) is 37.9 Å². The van der Waals surface area contributed by atoms with Crippen molar-refractivity contribution in [2.75, 3.05) is 13.1 Å². The van der Waals surface area contributed by atoms with E-state index in [-0.39, 0.29) is 11.9 Å². The third-order valence-corrected chi connectivity index (χ3v) is 7.23. The summed E-state index contributed by atoms with van der Waals surface area (Å²) >= 11 is 6.61. The molecule has 2 aromatic heterocycles. The van der Waals surface area contributed by atoms with Crippen LogP contribution in [0.25, 0.3) is 11.4 Å². The molecule has 0 radical (unpaired) electrons. The zero-order chi connectivity index (χ0) is 24.9. The molecule has 7 nitrogen and oxygen atoms in total. The van der Waals surface area contributed by atoms with Gasteiger partial charge in [0.15, 0.2) is 0 Å². The summed E-state index contributed by atoms with van der Waals surface area (Å²) in [5.74, 6) is 1.50. The van der Waals surface area contributed by atoms with Crippen LogP contribution in [0.15, 0.2) is 40.9 Å². The number of benzene rings is 1. The zero-order valence-electron chi connectivity index (χ0n) is 21.2. The number of amides is 1. The number of hydrogen-bond donors (Lipinski definition) is 0. The highest BCUT2D eigenvalue weighted by Gasteiger charge is 2.30. The minimum atomic E-state index is 0.164. The Kier molecular flexibility index (Phi) is 8.29. The molecule has 4 rings (SSSR count). The summed E-state index contributed by atoms with van der Waals surface area (Å²) in [5.41, 5.74) is 3.42. The normalized spacial score (nSPS) is 16.9. The van der Waals surface area contributed by atoms with Crippen LogP contribution in [0.1, 0.15) is 56.4 Å². The molecular formula is C27H36ClN5O2. The van der Waals surface area contributed by atoms with E-state index in [1.54, 1.807) is 11.7 Å². The summed E-state index contributed by atoms with van der Waals surface area (Å²) in [6.45, 7) is 9.35. The van der Waals surface area contributed by atoms with Crippen molar-refractivity contribution < 1.29 is 9.32 Å². The van der Waals surface area contributed by atoms with E-state index in [2.05, 4.69) is 53.3 Å². The van der Waals surface area contributed by atoms with E-state index in [1.165, 1.54) is 5.56 Å². The standard InChI is InChI=1S/C27H36ClN5O2/c1-19(2)12-14-32(17-21-9-6-5-7-10-21)22-11-8-13-33(25(34)16-22)18-23-26(29-31(4)27(23)28)24-15-20(3)35-30-24/h5-7,9-10,15,19,22H,8,11-14,16-18H2,1-4H3. The third-order valence-electron chi connectivity index (χ3n) is 6.76. The van der Waals surface area contributed by atoms with Gasteiger partial charge in [-0.25, -0.2) is 0 Å². The van der Waals surface area contributed by atoms with E-state index in [4.69, 9.17) is 16.1 Å². The maximum atomic E-state index is 13.5. The number of halogens is 1. The van der Waals surface area contributed by atoms with Crippen LogP contribution in [-0.2, 0) is 24.9 Å². The summed E-state index contributed by atoms with van der Waals surface area (Å²) < 4.78 is 6.89. The highest BCUT2D eigenvalue weighted by Crippen LogP contribution is 2.31. The smallest absolute Gasteiger partial charge is 0.224 e. The SMILES string of the molecule is Cc1cc(-c2nn(C)c(Cl)c2CN2CCCC(N(CCC(C)C)Cc3ccccc3)CC2=O)no1. The van der Waals surface area contributed by atoms with Crippen LogP contribution in [0.2, 0.25) is 5.15 Å². The lowest BCUT2D eigenvalue weighted by molar-refractivity contribution is -0.132. The Morgan fingerprint density at radius 3 is 2.71 bits per heavy atom. The molecule has 35 heavy (non-hydrogen) atoms. The van der Waals surface area contributed by atoms with Gasteiger partial charge >= 0.3 is 0 Å². The van der Waals surface area contributed by atoms with E-state index in [9.17, 15) is 4.79 Å². The number of carbonyl (C=O) groups excluding carboxylic acids is 1. The first-order valence-electron chi connectivity index (χ1n) is 12.5. The van der Waals surface area contributed by atoms with E-state index in [1.807, 2.05) is 24.0 Å². The lowest BCUT2D eigenvalue weighted by Crippen LogP contribution is -2.38. The number of rotatable bonds is 9. The number of nitrogens with zero attached hydrogens (tertiary/aromatic N) is 5. The Labute approximate surface area is 213 Å². The van der Waals surface area contributed by atoms with Crippen molar-refractivity contribution in [3.8, 4) is 11.4 Å². The van der Waals surface area contributed by atoms with E-state index < -0.39 is 0 Å². The summed E-state index contributed by atoms with van der Waals surface area (Å²) in [6.07, 6.45) is 3.59. The van der Waals surface area contributed by atoms with Crippen LogP contribution in [0.3, 0.4) is 0 Å². The van der Waals surface area contributed by atoms with E-state index >= 15 is 0 Å². The second kappa shape index (κ2) is 11.4. The van der Waals surface area contributed by atoms with Gasteiger partial charge in [-0.15, -0.1) is 0 Å². The Bertz CT molecular complexity index is 1120. The van der Waals surface area contributed by atoms with E-state index in [0.29, 0.717) is 47.7 Å². The molecule has 0 spiro atoms. The van der Waals surface area contributed by atoms with Crippen molar-refractivity contribution in [3.63, 3.8) is 0 Å². The Morgan fingerprint density at radius 2 is 2.03 bits per heavy atom. The van der Waals surface area contributed by atoms with Crippen LogP contribution in [0.4, 0.5) is 0 Å². The van der Waals surface area contributed by atoms with Crippen LogP contribution >= 0.6 is 11.6 Å². The molecule has 1 aliphatic rings. The highest BCUT2D eigenvalue weighted by molar-refractivity contribution is 6.30. The molecule has 0 bridgehead atoms. The Morgan fingerprint density at radius 1 is 1.26 bits per heavy atom. The molecule has 1 saturated heterocycles. The van der Waals surface area contributed by atoms with Crippen molar-refractivity contribution in [2.24, 2.45) is 13.0 Å². The first-order valence-corrected chi connectivity index (χ1v) is 12.9. The zero-order valence-corrected chi connectivity index (χ0v) is 22.0. The lowest BCUT2D eigenvalue weighted by Gasteiger charge is -2.31. The van der Waals surface area contributed by atoms with Gasteiger partial charge in [0.1, 0.15) is 22.3 Å². The average molecular weight is 498 g/mol. The first kappa shape index (κ1) is 25.5. The van der Waals surface area contributed by atoms with Gasteiger partial charge in [-0.3, -0.25) is 14.4 Å². The Balaban J connectivity index is 1.50. The predicted octanol–water partition coefficient (Wildman–Crippen LogP) is 5.47. The molecule has 1 atom stereocenters. The van der Waals surface area contributed by atoms with Gasteiger partial charge in [-0.2, -0.15) is 5.10 Å². The van der Waals surface area contributed by atoms with Gasteiger partial charge in [0.2, 0.25) is 5.91 Å². The number of hydrogen-bond acceptors (Lipinski definition) is 5. The summed E-state index contributed by atoms with van der Waals surface area (Å²) in [4.78, 5) is 17.9. The predicted molar refractivity (Wildman–Crippen MR) is 138 cm³/mol. The van der Waals surface area contributed by atoms with Gasteiger partial charge < -0.3 is 9.42 Å². The minimum Gasteiger partial charge on any atom is -0.361 e. The van der Waals surface area contributed by atoms with Crippen molar-refractivity contribution in [3.05, 3.63) is 58.4 Å². The first-order chi connectivity index (χ1) is 16.8. The van der Waals surface area contributed by atoms with Crippen LogP contribution in [-0.4, -0.2) is 49.8 Å². The van der Waals surface area contributed by atoms with Crippen molar-refractivity contribution in [1.82, 2.24) is 24.7 Å². The van der Waals surface area contributed by atoms with Crippen molar-refractivity contribution in [1.29, 1.82) is 0 Å². The quantitative estimate of drug-likeness (QED) is 0.392. The van der Waals surface area contributed by atoms with Crippen LogP contribution < -0.4 is 0 Å². The van der Waals surface area contributed by atoms with Crippen molar-refractivity contribution in [2.45, 2.75) is 65.6 Å². The fourth-order valence-corrected chi connectivity index (χ4v) is 4.94. The average Bonchev–Trinajstić information content (AvgIpc) is 3.32. The monoisotopic (exact) mass is 497 g/mol. The fraction of sp³-hybridized carbons (Fsp3) is 0.519. The second-order valence-electron chi connectivity index (χ2n) is 10.0. The van der Waals surface area contributed by atoms with Gasteiger partial charge in [0.25, 0.3) is 0 Å². The van der Waals surface area contributed by atoms with Crippen molar-refractivity contribution >= 4 is 17.5 Å². The number of aromatic nitrogens is 3. The number of aryl methyl sites for hydroxylation is 2. The maximum absolute atomic E-state index is 13.5. The molecule has 1 unspecified atom stereocenters. The minimum absolute atomic E-state index is 0.164. The fourth-order valence-electron chi connectivity index (χ4n) is 4.75. The lowest BCUT2D eigenvalue weighted by atomic mass is 10.0. The summed E-state index contributed by atoms with van der Waals surface area (Å²) in [7, 11) is 1.80. The third kappa shape index (κ3) is 6.33. The molecule has 0 saturated carbocycles. The van der Waals surface area contributed by atoms with Gasteiger partial charge in [-0.1, -0.05) is 60.9 Å². The molecule has 0 aliphatic carbocycles. The molecule has 1 aromatic carbocycles. The molecular weight excluding hydrogens is 462 g/mol. The molecule has 8 heteroatoms. The molecule has 0 N–H and O–H groups in total. The van der Waals surface area contributed by atoms with Crippen LogP contribution in [0, 0.1) is 12.8 Å². The molecule has 188 valence electrons. The number of carbonyl (C=O) groups is 1. The molecule has 1 fully saturated rings. The largest absolute Gasteiger partial charge is 0.361 e. The van der Waals surface area contributed by atoms with Gasteiger partial charge in [0, 0.05) is 44.2 Å². The maximum Gasteiger partial charge on any atom is 0.224 e. The topological polar surface area (TPSA) is 67.4 Å². The molecule has 3 heterocycles. The van der Waals surface area contributed by atoms with Crippen LogP contribution in [0.5, 0.6) is 0 Å². The highest BCUT2D eigenvalue weighted by atomic mass is 35.5. The molecule has 1 aliphatic heterocycles. The number of likely N-dealkylation sites (tertiary alicyclic amines) is 1.